The Kier molecular flexibility index (Phi) is 5.92. The van der Waals surface area contributed by atoms with Gasteiger partial charge in [0, 0.05) is 15.1 Å². The van der Waals surface area contributed by atoms with Gasteiger partial charge in [-0.1, -0.05) is 59.1 Å². The third-order valence-corrected chi connectivity index (χ3v) is 4.77. The first-order valence-electron chi connectivity index (χ1n) is 7.96. The van der Waals surface area contributed by atoms with E-state index in [9.17, 15) is 9.90 Å². The number of hydrazine groups is 1. The Labute approximate surface area is 171 Å². The summed E-state index contributed by atoms with van der Waals surface area (Å²) in [4.78, 5) is 13.0. The molecule has 0 saturated heterocycles. The van der Waals surface area contributed by atoms with Crippen molar-refractivity contribution in [1.29, 1.82) is 0 Å². The summed E-state index contributed by atoms with van der Waals surface area (Å²) in [6.45, 7) is 0. The molecular formula is C20H15Cl3N2O2. The Bertz CT molecular complexity index is 881. The fourth-order valence-corrected chi connectivity index (χ4v) is 2.94. The monoisotopic (exact) mass is 420 g/mol. The van der Waals surface area contributed by atoms with Crippen molar-refractivity contribution in [2.24, 2.45) is 0 Å². The molecule has 7 heteroatoms. The van der Waals surface area contributed by atoms with Gasteiger partial charge in [0.15, 0.2) is 5.60 Å². The number of aliphatic hydroxyl groups is 1. The van der Waals surface area contributed by atoms with Crippen LogP contribution in [0.25, 0.3) is 0 Å². The van der Waals surface area contributed by atoms with Gasteiger partial charge in [-0.15, -0.1) is 0 Å². The predicted molar refractivity (Wildman–Crippen MR) is 109 cm³/mol. The maximum Gasteiger partial charge on any atom is 0.279 e. The van der Waals surface area contributed by atoms with Gasteiger partial charge < -0.3 is 5.11 Å². The average Bonchev–Trinajstić information content (AvgIpc) is 2.68. The van der Waals surface area contributed by atoms with E-state index in [0.717, 1.165) is 0 Å². The number of benzene rings is 3. The molecule has 27 heavy (non-hydrogen) atoms. The predicted octanol–water partition coefficient (Wildman–Crippen LogP) is 5.03. The van der Waals surface area contributed by atoms with Crippen LogP contribution in [0.4, 0.5) is 5.69 Å². The smallest absolute Gasteiger partial charge is 0.279 e. The number of amides is 1. The summed E-state index contributed by atoms with van der Waals surface area (Å²) in [5.74, 6) is -0.665. The van der Waals surface area contributed by atoms with Crippen molar-refractivity contribution < 1.29 is 9.90 Å². The van der Waals surface area contributed by atoms with Gasteiger partial charge in [-0.3, -0.25) is 15.6 Å². The number of halogens is 3. The molecular weight excluding hydrogens is 407 g/mol. The number of hydrogen-bond donors (Lipinski definition) is 3. The van der Waals surface area contributed by atoms with E-state index in [1.807, 2.05) is 0 Å². The lowest BCUT2D eigenvalue weighted by Gasteiger charge is -2.28. The largest absolute Gasteiger partial charge is 0.372 e. The second kappa shape index (κ2) is 8.19. The van der Waals surface area contributed by atoms with Crippen LogP contribution in [0.1, 0.15) is 11.1 Å². The van der Waals surface area contributed by atoms with Crippen molar-refractivity contribution in [3.63, 3.8) is 0 Å². The molecule has 0 spiro atoms. The van der Waals surface area contributed by atoms with E-state index >= 15 is 0 Å². The Balaban J connectivity index is 1.93. The van der Waals surface area contributed by atoms with E-state index in [0.29, 0.717) is 31.9 Å². The lowest BCUT2D eigenvalue weighted by molar-refractivity contribution is -0.136. The number of anilines is 1. The van der Waals surface area contributed by atoms with E-state index < -0.39 is 11.5 Å². The molecule has 138 valence electrons. The highest BCUT2D eigenvalue weighted by Gasteiger charge is 2.40. The van der Waals surface area contributed by atoms with Crippen LogP contribution >= 0.6 is 34.8 Å². The summed E-state index contributed by atoms with van der Waals surface area (Å²) in [6.07, 6.45) is 0. The zero-order chi connectivity index (χ0) is 19.4. The molecule has 3 aromatic rings. The Morgan fingerprint density at radius 2 is 1.07 bits per heavy atom. The second-order valence-electron chi connectivity index (χ2n) is 5.81. The molecule has 3 aromatic carbocycles. The standard InChI is InChI=1S/C20H15Cl3N2O2/c21-15-5-1-13(2-6-15)20(27,14-3-7-16(22)8-4-14)19(26)25-24-18-11-9-17(23)10-12-18/h1-12,24,27H,(H,25,26). The molecule has 1 amide bonds. The molecule has 0 aromatic heterocycles. The summed E-state index contributed by atoms with van der Waals surface area (Å²) in [6, 6.07) is 19.6. The molecule has 0 aliphatic heterocycles. The fourth-order valence-electron chi connectivity index (χ4n) is 2.56. The van der Waals surface area contributed by atoms with Crippen LogP contribution in [0.15, 0.2) is 72.8 Å². The second-order valence-corrected chi connectivity index (χ2v) is 7.12. The molecule has 0 saturated carbocycles. The van der Waals surface area contributed by atoms with Crippen LogP contribution in [0.2, 0.25) is 15.1 Å². The van der Waals surface area contributed by atoms with Gasteiger partial charge in [-0.05, 0) is 59.7 Å². The Morgan fingerprint density at radius 1 is 0.704 bits per heavy atom. The number of carbonyl (C=O) groups is 1. The zero-order valence-electron chi connectivity index (χ0n) is 13.9. The highest BCUT2D eigenvalue weighted by Crippen LogP contribution is 2.31. The number of hydrogen-bond acceptors (Lipinski definition) is 3. The van der Waals surface area contributed by atoms with E-state index in [2.05, 4.69) is 10.9 Å². The van der Waals surface area contributed by atoms with E-state index in [4.69, 9.17) is 34.8 Å². The topological polar surface area (TPSA) is 61.4 Å². The van der Waals surface area contributed by atoms with Crippen molar-refractivity contribution in [1.82, 2.24) is 5.43 Å². The van der Waals surface area contributed by atoms with Crippen LogP contribution in [0.3, 0.4) is 0 Å². The van der Waals surface area contributed by atoms with Crippen LogP contribution in [0, 0.1) is 0 Å². The number of rotatable bonds is 5. The minimum atomic E-state index is -1.95. The minimum Gasteiger partial charge on any atom is -0.372 e. The Morgan fingerprint density at radius 3 is 1.48 bits per heavy atom. The first kappa shape index (κ1) is 19.5. The summed E-state index contributed by atoms with van der Waals surface area (Å²) in [5, 5.41) is 12.9. The van der Waals surface area contributed by atoms with Gasteiger partial charge in [0.05, 0.1) is 5.69 Å². The molecule has 0 atom stereocenters. The van der Waals surface area contributed by atoms with Gasteiger partial charge >= 0.3 is 0 Å². The third-order valence-electron chi connectivity index (χ3n) is 4.02. The van der Waals surface area contributed by atoms with Crippen molar-refractivity contribution in [3.05, 3.63) is 99.0 Å². The Hall–Kier alpha value is -2.24. The normalized spacial score (nSPS) is 11.1. The number of nitrogens with one attached hydrogen (secondary N) is 2. The highest BCUT2D eigenvalue weighted by atomic mass is 35.5. The van der Waals surface area contributed by atoms with Crippen LogP contribution in [0.5, 0.6) is 0 Å². The van der Waals surface area contributed by atoms with E-state index in [1.54, 1.807) is 72.8 Å². The molecule has 0 fully saturated rings. The molecule has 0 aliphatic rings. The molecule has 0 heterocycles. The lowest BCUT2D eigenvalue weighted by Crippen LogP contribution is -2.47. The average molecular weight is 422 g/mol. The molecule has 0 unspecified atom stereocenters. The fraction of sp³-hybridized carbons (Fsp3) is 0.0500. The molecule has 3 rings (SSSR count). The summed E-state index contributed by atoms with van der Waals surface area (Å²) < 4.78 is 0. The molecule has 0 aliphatic carbocycles. The quantitative estimate of drug-likeness (QED) is 0.507. The molecule has 0 radical (unpaired) electrons. The van der Waals surface area contributed by atoms with Crippen LogP contribution < -0.4 is 10.9 Å². The lowest BCUT2D eigenvalue weighted by atomic mass is 9.85. The number of carbonyl (C=O) groups excluding carboxylic acids is 1. The van der Waals surface area contributed by atoms with Crippen molar-refractivity contribution in [2.45, 2.75) is 5.60 Å². The highest BCUT2D eigenvalue weighted by molar-refractivity contribution is 6.31. The van der Waals surface area contributed by atoms with Crippen molar-refractivity contribution in [2.75, 3.05) is 5.43 Å². The first-order chi connectivity index (χ1) is 12.9. The van der Waals surface area contributed by atoms with Gasteiger partial charge in [0.1, 0.15) is 0 Å². The van der Waals surface area contributed by atoms with Crippen LogP contribution in [-0.4, -0.2) is 11.0 Å². The van der Waals surface area contributed by atoms with E-state index in [-0.39, 0.29) is 0 Å². The van der Waals surface area contributed by atoms with Gasteiger partial charge in [0.2, 0.25) is 0 Å². The van der Waals surface area contributed by atoms with Crippen molar-refractivity contribution >= 4 is 46.4 Å². The van der Waals surface area contributed by atoms with E-state index in [1.165, 1.54) is 0 Å². The summed E-state index contributed by atoms with van der Waals surface area (Å²) in [5.41, 5.74) is 4.70. The van der Waals surface area contributed by atoms with Gasteiger partial charge in [-0.2, -0.15) is 0 Å². The van der Waals surface area contributed by atoms with Crippen LogP contribution in [-0.2, 0) is 10.4 Å². The zero-order valence-corrected chi connectivity index (χ0v) is 16.2. The van der Waals surface area contributed by atoms with Crippen molar-refractivity contribution in [3.8, 4) is 0 Å². The maximum atomic E-state index is 13.0. The summed E-state index contributed by atoms with van der Waals surface area (Å²) in [7, 11) is 0. The maximum absolute atomic E-state index is 13.0. The summed E-state index contributed by atoms with van der Waals surface area (Å²) >= 11 is 17.7. The molecule has 0 bridgehead atoms. The molecule has 4 nitrogen and oxygen atoms in total. The molecule has 3 N–H and O–H groups in total. The SMILES string of the molecule is O=C(NNc1ccc(Cl)cc1)C(O)(c1ccc(Cl)cc1)c1ccc(Cl)cc1. The third kappa shape index (κ3) is 4.37. The first-order valence-corrected chi connectivity index (χ1v) is 9.09. The minimum absolute atomic E-state index is 0.365. The van der Waals surface area contributed by atoms with Gasteiger partial charge in [-0.25, -0.2) is 0 Å². The van der Waals surface area contributed by atoms with Gasteiger partial charge in [0.25, 0.3) is 5.91 Å².